The summed E-state index contributed by atoms with van der Waals surface area (Å²) in [5.74, 6) is 0. The monoisotopic (exact) mass is 99.0 g/mol. The van der Waals surface area contributed by atoms with E-state index in [9.17, 15) is 0 Å². The molecule has 0 spiro atoms. The van der Waals surface area contributed by atoms with Crippen LogP contribution in [-0.2, 0) is 0 Å². The molecule has 0 unspecified atom stereocenters. The zero-order valence-electron chi connectivity index (χ0n) is 1.99. The van der Waals surface area contributed by atoms with Crippen molar-refractivity contribution in [2.45, 2.75) is 0 Å². The molecule has 0 aromatic heterocycles. The van der Waals surface area contributed by atoms with Crippen molar-refractivity contribution in [1.82, 2.24) is 0 Å². The van der Waals surface area contributed by atoms with E-state index in [-0.39, 0.29) is 40.7 Å². The standard InChI is InChI=1S/Al.ClH.2H2O/h;1H;2*1H2/q+3;;;. The Kier molecular flexibility index (Phi) is 1540. The van der Waals surface area contributed by atoms with Gasteiger partial charge in [-0.05, 0) is 0 Å². The fourth-order valence-corrected chi connectivity index (χ4v) is 0. The topological polar surface area (TPSA) is 63.0 Å². The van der Waals surface area contributed by atoms with Crippen LogP contribution in [0.3, 0.4) is 0 Å². The van der Waals surface area contributed by atoms with Crippen LogP contribution in [0.2, 0.25) is 0 Å². The van der Waals surface area contributed by atoms with E-state index in [2.05, 4.69) is 0 Å². The van der Waals surface area contributed by atoms with Crippen LogP contribution in [0.5, 0.6) is 0 Å². The van der Waals surface area contributed by atoms with Crippen LogP contribution in [-0.4, -0.2) is 28.3 Å². The Labute approximate surface area is 41.4 Å². The van der Waals surface area contributed by atoms with Gasteiger partial charge in [0.15, 0.2) is 0 Å². The zero-order chi connectivity index (χ0) is 0. The summed E-state index contributed by atoms with van der Waals surface area (Å²) in [6.07, 6.45) is 0. The van der Waals surface area contributed by atoms with Gasteiger partial charge in [-0.15, -0.1) is 12.4 Å². The number of rotatable bonds is 0. The van der Waals surface area contributed by atoms with E-state index >= 15 is 0 Å². The van der Waals surface area contributed by atoms with Gasteiger partial charge in [0.1, 0.15) is 0 Å². The fourth-order valence-electron chi connectivity index (χ4n) is 0. The van der Waals surface area contributed by atoms with E-state index in [1.54, 1.807) is 0 Å². The average molecular weight is 99.5 g/mol. The predicted octanol–water partition coefficient (Wildman–Crippen LogP) is -1.61. The van der Waals surface area contributed by atoms with E-state index in [4.69, 9.17) is 0 Å². The second-order valence-electron chi connectivity index (χ2n) is 0. The van der Waals surface area contributed by atoms with E-state index in [0.717, 1.165) is 0 Å². The van der Waals surface area contributed by atoms with E-state index < -0.39 is 0 Å². The van der Waals surface area contributed by atoms with Crippen LogP contribution in [0.25, 0.3) is 0 Å². The number of halogens is 1. The number of hydrogen-bond acceptors (Lipinski definition) is 0. The predicted molar refractivity (Wildman–Crippen MR) is 20.2 cm³/mol. The average Bonchev–Trinajstić information content (AvgIpc) is 0. The molecule has 2 nitrogen and oxygen atoms in total. The third kappa shape index (κ3) is 15.1. The van der Waals surface area contributed by atoms with Crippen LogP contribution in [0.1, 0.15) is 0 Å². The Hall–Kier alpha value is 0.742. The van der Waals surface area contributed by atoms with Gasteiger partial charge in [-0.25, -0.2) is 0 Å². The normalized spacial score (nSPS) is 0. The van der Waals surface area contributed by atoms with Crippen LogP contribution in [0.4, 0.5) is 0 Å². The molecule has 0 amide bonds. The summed E-state index contributed by atoms with van der Waals surface area (Å²) in [6, 6.07) is 0. The summed E-state index contributed by atoms with van der Waals surface area (Å²) in [4.78, 5) is 0. The largest absolute Gasteiger partial charge is 3.00 e. The second-order valence-corrected chi connectivity index (χ2v) is 0. The third-order valence-corrected chi connectivity index (χ3v) is 0. The summed E-state index contributed by atoms with van der Waals surface area (Å²) in [7, 11) is 0. The maximum atomic E-state index is 0. The van der Waals surface area contributed by atoms with E-state index in [1.165, 1.54) is 0 Å². The van der Waals surface area contributed by atoms with Gasteiger partial charge in [-0.3, -0.25) is 0 Å². The SMILES string of the molecule is Cl.O.O.[Al+3]. The molecule has 24 valence electrons. The van der Waals surface area contributed by atoms with Crippen molar-refractivity contribution in [3.63, 3.8) is 0 Å². The first kappa shape index (κ1) is 120. The molecular weight excluding hydrogens is 94.4 g/mol. The summed E-state index contributed by atoms with van der Waals surface area (Å²) in [5.41, 5.74) is 0. The minimum atomic E-state index is 0. The van der Waals surface area contributed by atoms with Crippen molar-refractivity contribution >= 4 is 29.8 Å². The summed E-state index contributed by atoms with van der Waals surface area (Å²) in [5, 5.41) is 0. The molecule has 0 rings (SSSR count). The van der Waals surface area contributed by atoms with Crippen LogP contribution >= 0.6 is 12.4 Å². The summed E-state index contributed by atoms with van der Waals surface area (Å²) >= 11 is 0. The van der Waals surface area contributed by atoms with Gasteiger partial charge < -0.3 is 11.0 Å². The molecule has 0 saturated carbocycles. The molecule has 0 aliphatic rings. The quantitative estimate of drug-likeness (QED) is 0.328. The molecule has 0 aromatic rings. The van der Waals surface area contributed by atoms with Gasteiger partial charge in [-0.2, -0.15) is 0 Å². The molecule has 4 heavy (non-hydrogen) atoms. The van der Waals surface area contributed by atoms with Crippen molar-refractivity contribution in [3.05, 3.63) is 0 Å². The fraction of sp³-hybridized carbons (Fsp3) is 0. The van der Waals surface area contributed by atoms with Gasteiger partial charge in [-0.1, -0.05) is 0 Å². The zero-order valence-corrected chi connectivity index (χ0v) is 3.96. The third-order valence-electron chi connectivity index (χ3n) is 0. The molecule has 0 aliphatic heterocycles. The van der Waals surface area contributed by atoms with Crippen molar-refractivity contribution in [2.75, 3.05) is 0 Å². The Morgan fingerprint density at radius 3 is 0.750 bits per heavy atom. The number of hydrogen-bond donors (Lipinski definition) is 0. The van der Waals surface area contributed by atoms with Crippen LogP contribution in [0, 0.1) is 0 Å². The minimum absolute atomic E-state index is 0. The molecular formula is H5AlClO2+3. The first-order valence-electron chi connectivity index (χ1n) is 0. The Bertz CT molecular complexity index is 6.00. The summed E-state index contributed by atoms with van der Waals surface area (Å²) in [6.45, 7) is 0. The molecule has 0 aliphatic carbocycles. The maximum Gasteiger partial charge on any atom is 3.00 e. The van der Waals surface area contributed by atoms with Gasteiger partial charge >= 0.3 is 17.4 Å². The van der Waals surface area contributed by atoms with Crippen molar-refractivity contribution < 1.29 is 11.0 Å². The van der Waals surface area contributed by atoms with Crippen molar-refractivity contribution in [1.29, 1.82) is 0 Å². The van der Waals surface area contributed by atoms with E-state index in [0.29, 0.717) is 0 Å². The molecule has 0 fully saturated rings. The smallest absolute Gasteiger partial charge is 0.412 e. The Morgan fingerprint density at radius 2 is 0.750 bits per heavy atom. The minimum Gasteiger partial charge on any atom is -0.412 e. The molecule has 0 saturated heterocycles. The molecule has 0 bridgehead atoms. The summed E-state index contributed by atoms with van der Waals surface area (Å²) < 4.78 is 0. The molecule has 0 radical (unpaired) electrons. The van der Waals surface area contributed by atoms with Gasteiger partial charge in [0.25, 0.3) is 0 Å². The maximum absolute atomic E-state index is 0. The van der Waals surface area contributed by atoms with Gasteiger partial charge in [0.2, 0.25) is 0 Å². The molecule has 4 N–H and O–H groups in total. The van der Waals surface area contributed by atoms with Gasteiger partial charge in [0.05, 0.1) is 0 Å². The molecule has 0 heterocycles. The van der Waals surface area contributed by atoms with E-state index in [1.807, 2.05) is 0 Å². The Balaban J connectivity index is 0. The van der Waals surface area contributed by atoms with Crippen molar-refractivity contribution in [2.24, 2.45) is 0 Å². The molecule has 4 heteroatoms. The van der Waals surface area contributed by atoms with Crippen LogP contribution in [0.15, 0.2) is 0 Å². The second kappa shape index (κ2) is 51.1. The first-order valence-corrected chi connectivity index (χ1v) is 0. The molecule has 0 atom stereocenters. The van der Waals surface area contributed by atoms with Gasteiger partial charge in [0, 0.05) is 0 Å². The molecule has 0 aromatic carbocycles. The van der Waals surface area contributed by atoms with Crippen molar-refractivity contribution in [3.8, 4) is 0 Å². The van der Waals surface area contributed by atoms with Crippen LogP contribution < -0.4 is 0 Å². The first-order chi connectivity index (χ1) is 0. The Morgan fingerprint density at radius 1 is 0.750 bits per heavy atom.